The fraction of sp³-hybridized carbons (Fsp3) is 0.286. The molecule has 0 spiro atoms. The van der Waals surface area contributed by atoms with Crippen LogP contribution in [0, 0.1) is 0 Å². The number of nitrogens with zero attached hydrogens (tertiary/aromatic N) is 1. The van der Waals surface area contributed by atoms with Crippen LogP contribution in [0.5, 0.6) is 0 Å². The van der Waals surface area contributed by atoms with Gasteiger partial charge in [-0.3, -0.25) is 4.79 Å². The monoisotopic (exact) mass is 274 g/mol. The molecule has 20 heavy (non-hydrogen) atoms. The van der Waals surface area contributed by atoms with Gasteiger partial charge in [0.15, 0.2) is 0 Å². The molecule has 0 bridgehead atoms. The summed E-state index contributed by atoms with van der Waals surface area (Å²) >= 11 is 0. The zero-order chi connectivity index (χ0) is 14.5. The topological polar surface area (TPSA) is 93.2 Å². The number of nitrogen functional groups attached to an aromatic ring is 1. The number of aryl methyl sites for hydroxylation is 1. The van der Waals surface area contributed by atoms with Crippen LogP contribution in [-0.2, 0) is 13.0 Å². The predicted octanol–water partition coefficient (Wildman–Crippen LogP) is 1.79. The molecular weight excluding hydrogens is 256 g/mol. The quantitative estimate of drug-likeness (QED) is 0.723. The van der Waals surface area contributed by atoms with Crippen LogP contribution >= 0.6 is 0 Å². The lowest BCUT2D eigenvalue weighted by molar-refractivity contribution is 0.0963. The molecule has 6 heteroatoms. The van der Waals surface area contributed by atoms with E-state index in [2.05, 4.69) is 15.6 Å². The van der Waals surface area contributed by atoms with Gasteiger partial charge in [-0.15, -0.1) is 0 Å². The zero-order valence-corrected chi connectivity index (χ0v) is 11.6. The molecule has 0 aliphatic carbocycles. The number of nitrogens with two attached hydrogens (primary N) is 1. The summed E-state index contributed by atoms with van der Waals surface area (Å²) in [7, 11) is 1.59. The number of carbonyl (C=O) groups is 1. The van der Waals surface area contributed by atoms with Gasteiger partial charge in [0.05, 0.1) is 24.1 Å². The summed E-state index contributed by atoms with van der Waals surface area (Å²) in [6.07, 6.45) is 2.52. The van der Waals surface area contributed by atoms with Gasteiger partial charge in [-0.2, -0.15) is 0 Å². The number of amides is 1. The lowest BCUT2D eigenvalue weighted by atomic mass is 10.1. The Morgan fingerprint density at radius 1 is 1.45 bits per heavy atom. The summed E-state index contributed by atoms with van der Waals surface area (Å²) in [4.78, 5) is 15.7. The highest BCUT2D eigenvalue weighted by molar-refractivity contribution is 5.96. The second-order valence-electron chi connectivity index (χ2n) is 4.31. The van der Waals surface area contributed by atoms with Crippen LogP contribution in [0.15, 0.2) is 28.8 Å². The van der Waals surface area contributed by atoms with Crippen molar-refractivity contribution in [3.63, 3.8) is 0 Å². The van der Waals surface area contributed by atoms with Crippen molar-refractivity contribution in [3.05, 3.63) is 41.6 Å². The first kappa shape index (κ1) is 13.9. The van der Waals surface area contributed by atoms with E-state index < -0.39 is 0 Å². The van der Waals surface area contributed by atoms with E-state index in [4.69, 9.17) is 10.2 Å². The van der Waals surface area contributed by atoms with Crippen LogP contribution in [-0.4, -0.2) is 17.9 Å². The Kier molecular flexibility index (Phi) is 4.24. The van der Waals surface area contributed by atoms with Gasteiger partial charge in [-0.05, 0) is 18.2 Å². The third-order valence-electron chi connectivity index (χ3n) is 2.92. The molecule has 0 saturated heterocycles. The Morgan fingerprint density at radius 3 is 2.90 bits per heavy atom. The van der Waals surface area contributed by atoms with Crippen LogP contribution in [0.2, 0.25) is 0 Å². The number of hydrogen-bond acceptors (Lipinski definition) is 5. The van der Waals surface area contributed by atoms with Crippen LogP contribution in [0.25, 0.3) is 0 Å². The first-order valence-electron chi connectivity index (χ1n) is 6.43. The molecule has 0 aliphatic rings. The maximum absolute atomic E-state index is 11.6. The Hall–Kier alpha value is -2.50. The maximum atomic E-state index is 11.6. The minimum atomic E-state index is -0.155. The number of benzene rings is 1. The molecule has 1 heterocycles. The molecule has 2 aromatic rings. The molecular formula is C14H18N4O2. The van der Waals surface area contributed by atoms with E-state index in [1.807, 2.05) is 6.92 Å². The highest BCUT2D eigenvalue weighted by Gasteiger charge is 2.08. The van der Waals surface area contributed by atoms with Crippen LogP contribution in [0.4, 0.5) is 11.4 Å². The number of rotatable bonds is 5. The van der Waals surface area contributed by atoms with E-state index in [0.29, 0.717) is 29.4 Å². The van der Waals surface area contributed by atoms with Crippen molar-refractivity contribution >= 4 is 17.3 Å². The van der Waals surface area contributed by atoms with Gasteiger partial charge >= 0.3 is 0 Å². The van der Waals surface area contributed by atoms with E-state index >= 15 is 0 Å². The van der Waals surface area contributed by atoms with Gasteiger partial charge < -0.3 is 20.8 Å². The number of aromatic nitrogens is 1. The summed E-state index contributed by atoms with van der Waals surface area (Å²) in [6, 6.07) is 5.08. The van der Waals surface area contributed by atoms with Crippen molar-refractivity contribution in [1.29, 1.82) is 0 Å². The normalized spacial score (nSPS) is 10.3. The predicted molar refractivity (Wildman–Crippen MR) is 77.5 cm³/mol. The van der Waals surface area contributed by atoms with Gasteiger partial charge in [0, 0.05) is 19.0 Å². The molecule has 1 aromatic carbocycles. The second kappa shape index (κ2) is 6.10. The summed E-state index contributed by atoms with van der Waals surface area (Å²) in [5, 5.41) is 5.70. The average molecular weight is 274 g/mol. The molecule has 1 aromatic heterocycles. The number of hydrogen-bond donors (Lipinski definition) is 3. The van der Waals surface area contributed by atoms with Crippen molar-refractivity contribution in [1.82, 2.24) is 10.3 Å². The van der Waals surface area contributed by atoms with E-state index in [-0.39, 0.29) is 5.91 Å². The first-order valence-corrected chi connectivity index (χ1v) is 6.43. The number of anilines is 2. The van der Waals surface area contributed by atoms with Crippen molar-refractivity contribution in [3.8, 4) is 0 Å². The molecule has 0 unspecified atom stereocenters. The Bertz CT molecular complexity index is 607. The van der Waals surface area contributed by atoms with Gasteiger partial charge in [-0.1, -0.05) is 6.92 Å². The van der Waals surface area contributed by atoms with Crippen LogP contribution in [0.3, 0.4) is 0 Å². The first-order chi connectivity index (χ1) is 9.63. The second-order valence-corrected chi connectivity index (χ2v) is 4.31. The van der Waals surface area contributed by atoms with E-state index in [0.717, 1.165) is 12.2 Å². The average Bonchev–Trinajstić information content (AvgIpc) is 2.93. The Balaban J connectivity index is 2.10. The molecule has 4 N–H and O–H groups in total. The third kappa shape index (κ3) is 3.09. The van der Waals surface area contributed by atoms with Crippen molar-refractivity contribution in [2.45, 2.75) is 19.9 Å². The van der Waals surface area contributed by atoms with Gasteiger partial charge in [0.25, 0.3) is 5.91 Å². The number of nitrogens with one attached hydrogen (secondary N) is 2. The summed E-state index contributed by atoms with van der Waals surface area (Å²) in [6.45, 7) is 2.42. The van der Waals surface area contributed by atoms with Crippen molar-refractivity contribution < 1.29 is 9.21 Å². The van der Waals surface area contributed by atoms with Gasteiger partial charge in [-0.25, -0.2) is 4.98 Å². The third-order valence-corrected chi connectivity index (χ3v) is 2.92. The molecule has 106 valence electrons. The minimum absolute atomic E-state index is 0.155. The number of oxazole rings is 1. The lowest BCUT2D eigenvalue weighted by Crippen LogP contribution is -2.18. The molecule has 0 atom stereocenters. The van der Waals surface area contributed by atoms with Crippen molar-refractivity contribution in [2.75, 3.05) is 18.1 Å². The van der Waals surface area contributed by atoms with E-state index in [9.17, 15) is 4.79 Å². The largest absolute Gasteiger partial charge is 0.444 e. The fourth-order valence-electron chi connectivity index (χ4n) is 1.76. The van der Waals surface area contributed by atoms with Gasteiger partial charge in [0.1, 0.15) is 5.76 Å². The molecule has 6 nitrogen and oxygen atoms in total. The van der Waals surface area contributed by atoms with Gasteiger partial charge in [0.2, 0.25) is 5.89 Å². The Morgan fingerprint density at radius 2 is 2.25 bits per heavy atom. The Labute approximate surface area is 117 Å². The molecule has 2 rings (SSSR count). The molecule has 0 aliphatic heterocycles. The fourth-order valence-corrected chi connectivity index (χ4v) is 1.76. The summed E-state index contributed by atoms with van der Waals surface area (Å²) in [5.41, 5.74) is 7.68. The van der Waals surface area contributed by atoms with E-state index in [1.165, 1.54) is 0 Å². The highest BCUT2D eigenvalue weighted by Crippen LogP contribution is 2.21. The minimum Gasteiger partial charge on any atom is -0.444 e. The summed E-state index contributed by atoms with van der Waals surface area (Å²) < 4.78 is 5.50. The standard InChI is InChI=1S/C14H18N4O2/c1-3-10-7-18-13(20-10)8-17-12-6-9(14(19)16-2)4-5-11(12)15/h4-7,17H,3,8,15H2,1-2H3,(H,16,19). The van der Waals surface area contributed by atoms with E-state index in [1.54, 1.807) is 31.4 Å². The maximum Gasteiger partial charge on any atom is 0.251 e. The highest BCUT2D eigenvalue weighted by atomic mass is 16.4. The van der Waals surface area contributed by atoms with Crippen LogP contribution in [0.1, 0.15) is 28.9 Å². The molecule has 1 amide bonds. The smallest absolute Gasteiger partial charge is 0.251 e. The zero-order valence-electron chi connectivity index (χ0n) is 11.6. The van der Waals surface area contributed by atoms with Crippen LogP contribution < -0.4 is 16.4 Å². The number of carbonyl (C=O) groups excluding carboxylic acids is 1. The van der Waals surface area contributed by atoms with Crippen molar-refractivity contribution in [2.24, 2.45) is 0 Å². The molecule has 0 fully saturated rings. The lowest BCUT2D eigenvalue weighted by Gasteiger charge is -2.09. The SMILES string of the molecule is CCc1cnc(CNc2cc(C(=O)NC)ccc2N)o1. The summed E-state index contributed by atoms with van der Waals surface area (Å²) in [5.74, 6) is 1.28. The molecule has 0 saturated carbocycles. The molecule has 0 radical (unpaired) electrons.